The van der Waals surface area contributed by atoms with Crippen molar-refractivity contribution in [1.82, 2.24) is 0 Å². The van der Waals surface area contributed by atoms with Crippen molar-refractivity contribution in [3.05, 3.63) is 0 Å². The molecule has 0 aliphatic rings. The molecule has 0 fully saturated rings. The van der Waals surface area contributed by atoms with E-state index in [1.165, 1.54) is 0 Å². The van der Waals surface area contributed by atoms with Crippen molar-refractivity contribution in [2.24, 2.45) is 10.9 Å². The predicted octanol–water partition coefficient (Wildman–Crippen LogP) is 1.32. The lowest BCUT2D eigenvalue weighted by molar-refractivity contribution is 0.909. The maximum absolute atomic E-state index is 6.47. The molecule has 1 N–H and O–H groups in total. The Morgan fingerprint density at radius 2 is 2.14 bits per heavy atom. The van der Waals surface area contributed by atoms with Crippen molar-refractivity contribution in [2.45, 2.75) is 13.8 Å². The van der Waals surface area contributed by atoms with Gasteiger partial charge in [0.15, 0.2) is 0 Å². The fraction of sp³-hybridized carbons (Fsp3) is 0.600. The summed E-state index contributed by atoms with van der Waals surface area (Å²) in [5.41, 5.74) is 0. The van der Waals surface area contributed by atoms with Gasteiger partial charge in [0.25, 0.3) is 0 Å². The average molecular weight is 98.1 g/mol. The first-order valence-corrected chi connectivity index (χ1v) is 2.29. The Labute approximate surface area is 43.8 Å². The zero-order valence-electron chi connectivity index (χ0n) is 4.68. The summed E-state index contributed by atoms with van der Waals surface area (Å²) >= 11 is 0. The van der Waals surface area contributed by atoms with Crippen molar-refractivity contribution < 1.29 is 0 Å². The van der Waals surface area contributed by atoms with Crippen LogP contribution in [0.3, 0.4) is 0 Å². The van der Waals surface area contributed by atoms with Crippen LogP contribution in [-0.2, 0) is 0 Å². The molecule has 0 atom stereocenters. The van der Waals surface area contributed by atoms with Crippen molar-refractivity contribution in [1.29, 1.82) is 5.41 Å². The van der Waals surface area contributed by atoms with E-state index in [4.69, 9.17) is 5.41 Å². The number of aliphatic imine (C=N–C) groups is 1. The Morgan fingerprint density at radius 3 is 2.29 bits per heavy atom. The van der Waals surface area contributed by atoms with E-state index in [0.29, 0.717) is 5.92 Å². The number of nitrogens with one attached hydrogen (secondary N) is 1. The molecule has 0 saturated carbocycles. The minimum absolute atomic E-state index is 0.460. The van der Waals surface area contributed by atoms with Crippen molar-refractivity contribution >= 4 is 12.6 Å². The van der Waals surface area contributed by atoms with Crippen LogP contribution in [0.5, 0.6) is 0 Å². The smallest absolute Gasteiger partial charge is 0.106 e. The molecule has 2 heteroatoms. The van der Waals surface area contributed by atoms with Gasteiger partial charge in [-0.25, -0.2) is 4.99 Å². The van der Waals surface area contributed by atoms with Crippen LogP contribution in [0.25, 0.3) is 0 Å². The second-order valence-corrected chi connectivity index (χ2v) is 1.67. The van der Waals surface area contributed by atoms with Gasteiger partial charge in [-0.2, -0.15) is 0 Å². The van der Waals surface area contributed by atoms with Crippen LogP contribution in [0.15, 0.2) is 4.99 Å². The lowest BCUT2D eigenvalue weighted by atomic mass is 10.3. The van der Waals surface area contributed by atoms with E-state index in [1.807, 2.05) is 13.8 Å². The van der Waals surface area contributed by atoms with E-state index in [2.05, 4.69) is 4.99 Å². The number of rotatable bonds is 2. The molecule has 0 aromatic rings. The first-order chi connectivity index (χ1) is 3.27. The Morgan fingerprint density at radius 1 is 1.57 bits per heavy atom. The molecular formula is C5H10N2. The Balaban J connectivity index is 3.25. The van der Waals surface area contributed by atoms with E-state index in [9.17, 15) is 0 Å². The molecular weight excluding hydrogens is 88.1 g/mol. The molecule has 0 rings (SSSR count). The Bertz CT molecular complexity index is 74.1. The molecule has 0 heterocycles. The van der Waals surface area contributed by atoms with Gasteiger partial charge in [0.1, 0.15) is 6.34 Å². The molecule has 40 valence electrons. The normalized spacial score (nSPS) is 10.7. The van der Waals surface area contributed by atoms with Gasteiger partial charge < -0.3 is 0 Å². The van der Waals surface area contributed by atoms with Crippen LogP contribution in [-0.4, -0.2) is 12.6 Å². The van der Waals surface area contributed by atoms with Crippen LogP contribution in [0.1, 0.15) is 13.8 Å². The highest BCUT2D eigenvalue weighted by Gasteiger charge is 1.79. The molecule has 0 saturated heterocycles. The summed E-state index contributed by atoms with van der Waals surface area (Å²) in [6, 6.07) is 0. The van der Waals surface area contributed by atoms with Gasteiger partial charge in [0, 0.05) is 6.21 Å². The summed E-state index contributed by atoms with van der Waals surface area (Å²) in [6.07, 6.45) is 2.77. The van der Waals surface area contributed by atoms with Gasteiger partial charge >= 0.3 is 0 Å². The van der Waals surface area contributed by atoms with Crippen LogP contribution >= 0.6 is 0 Å². The monoisotopic (exact) mass is 98.1 g/mol. The van der Waals surface area contributed by atoms with Crippen molar-refractivity contribution in [3.63, 3.8) is 0 Å². The molecule has 0 aromatic heterocycles. The van der Waals surface area contributed by atoms with Crippen LogP contribution in [0.4, 0.5) is 0 Å². The standard InChI is InChI=1S/C5H10N2/c1-5(2)3-7-4-6/h3-6H,1-2H3. The molecule has 0 spiro atoms. The first-order valence-electron chi connectivity index (χ1n) is 2.29. The summed E-state index contributed by atoms with van der Waals surface area (Å²) in [7, 11) is 0. The largest absolute Gasteiger partial charge is 0.290 e. The fourth-order valence-corrected chi connectivity index (χ4v) is 0.215. The van der Waals surface area contributed by atoms with E-state index in [-0.39, 0.29) is 0 Å². The van der Waals surface area contributed by atoms with Crippen molar-refractivity contribution in [3.8, 4) is 0 Å². The van der Waals surface area contributed by atoms with Crippen molar-refractivity contribution in [2.75, 3.05) is 0 Å². The molecule has 2 nitrogen and oxygen atoms in total. The predicted molar refractivity (Wildman–Crippen MR) is 32.1 cm³/mol. The van der Waals surface area contributed by atoms with E-state index < -0.39 is 0 Å². The molecule has 7 heavy (non-hydrogen) atoms. The number of hydrogen-bond acceptors (Lipinski definition) is 1. The zero-order valence-corrected chi connectivity index (χ0v) is 4.68. The highest BCUT2D eigenvalue weighted by molar-refractivity contribution is 5.71. The topological polar surface area (TPSA) is 36.2 Å². The van der Waals surface area contributed by atoms with Gasteiger partial charge in [-0.1, -0.05) is 13.8 Å². The second kappa shape index (κ2) is 3.53. The maximum Gasteiger partial charge on any atom is 0.106 e. The molecule has 0 aliphatic carbocycles. The summed E-state index contributed by atoms with van der Waals surface area (Å²) in [6.45, 7) is 4.04. The van der Waals surface area contributed by atoms with Crippen LogP contribution < -0.4 is 0 Å². The SMILES string of the molecule is CC(C)C=NC=N. The number of nitrogens with zero attached hydrogens (tertiary/aromatic N) is 1. The molecule has 0 amide bonds. The van der Waals surface area contributed by atoms with E-state index >= 15 is 0 Å². The third-order valence-electron chi connectivity index (χ3n) is 0.459. The van der Waals surface area contributed by atoms with Crippen LogP contribution in [0, 0.1) is 11.3 Å². The van der Waals surface area contributed by atoms with Gasteiger partial charge in [0.2, 0.25) is 0 Å². The summed E-state index contributed by atoms with van der Waals surface area (Å²) < 4.78 is 0. The quantitative estimate of drug-likeness (QED) is 0.399. The van der Waals surface area contributed by atoms with E-state index in [1.54, 1.807) is 6.21 Å². The van der Waals surface area contributed by atoms with Gasteiger partial charge in [0.05, 0.1) is 0 Å². The molecule has 0 aliphatic heterocycles. The lowest BCUT2D eigenvalue weighted by Gasteiger charge is -1.86. The molecule has 0 aromatic carbocycles. The van der Waals surface area contributed by atoms with Gasteiger partial charge in [-0.3, -0.25) is 5.41 Å². The minimum Gasteiger partial charge on any atom is -0.290 e. The Kier molecular flexibility index (Phi) is 3.19. The second-order valence-electron chi connectivity index (χ2n) is 1.67. The third kappa shape index (κ3) is 5.34. The van der Waals surface area contributed by atoms with Gasteiger partial charge in [-0.15, -0.1) is 0 Å². The van der Waals surface area contributed by atoms with Crippen LogP contribution in [0.2, 0.25) is 0 Å². The maximum atomic E-state index is 6.47. The first kappa shape index (κ1) is 6.34. The fourth-order valence-electron chi connectivity index (χ4n) is 0.215. The lowest BCUT2D eigenvalue weighted by Crippen LogP contribution is -1.85. The summed E-state index contributed by atoms with van der Waals surface area (Å²) in [5.74, 6) is 0.460. The molecule has 0 unspecified atom stereocenters. The summed E-state index contributed by atoms with van der Waals surface area (Å²) in [4.78, 5) is 3.59. The third-order valence-corrected chi connectivity index (χ3v) is 0.459. The highest BCUT2D eigenvalue weighted by Crippen LogP contribution is 1.82. The van der Waals surface area contributed by atoms with E-state index in [0.717, 1.165) is 6.34 Å². The average Bonchev–Trinajstić information content (AvgIpc) is 1.61. The van der Waals surface area contributed by atoms with Gasteiger partial charge in [-0.05, 0) is 5.92 Å². The number of hydrogen-bond donors (Lipinski definition) is 1. The molecule has 0 radical (unpaired) electrons. The Hall–Kier alpha value is -0.660. The summed E-state index contributed by atoms with van der Waals surface area (Å²) in [5, 5.41) is 6.47. The molecule has 0 bridgehead atoms. The highest BCUT2D eigenvalue weighted by atomic mass is 14.7. The minimum atomic E-state index is 0.460. The zero-order chi connectivity index (χ0) is 5.70.